The summed E-state index contributed by atoms with van der Waals surface area (Å²) in [6.07, 6.45) is 0. The van der Waals surface area contributed by atoms with Gasteiger partial charge >= 0.3 is 0 Å². The second-order valence-corrected chi connectivity index (χ2v) is 7.91. The van der Waals surface area contributed by atoms with Crippen molar-refractivity contribution in [2.24, 2.45) is 0 Å². The summed E-state index contributed by atoms with van der Waals surface area (Å²) in [6.45, 7) is 2.79. The molecule has 0 aliphatic carbocycles. The van der Waals surface area contributed by atoms with Gasteiger partial charge in [0.15, 0.2) is 0 Å². The molecule has 0 radical (unpaired) electrons. The molecule has 1 aromatic heterocycles. The average molecular weight is 463 g/mol. The van der Waals surface area contributed by atoms with Crippen LogP contribution < -0.4 is 9.47 Å². The van der Waals surface area contributed by atoms with E-state index < -0.39 is 0 Å². The van der Waals surface area contributed by atoms with Crippen LogP contribution in [0.1, 0.15) is 11.1 Å². The quantitative estimate of drug-likeness (QED) is 0.334. The van der Waals surface area contributed by atoms with E-state index in [1.54, 1.807) is 14.2 Å². The Hall–Kier alpha value is -3.05. The minimum Gasteiger partial charge on any atom is -0.497 e. The van der Waals surface area contributed by atoms with Gasteiger partial charge in [0.25, 0.3) is 0 Å². The standard InChI is InChI=1S/C25H23BrN2O2/c1-17-5-4-6-18(15-17)16-28-25(20-9-13-22(30-3)14-10-20)23(26)24(27-28)19-7-11-21(29-2)12-8-19/h4-15H,16H2,1-3H3. The Balaban J connectivity index is 1.83. The monoisotopic (exact) mass is 462 g/mol. The highest BCUT2D eigenvalue weighted by molar-refractivity contribution is 9.10. The van der Waals surface area contributed by atoms with Crippen molar-refractivity contribution in [2.45, 2.75) is 13.5 Å². The van der Waals surface area contributed by atoms with Gasteiger partial charge in [-0.2, -0.15) is 5.10 Å². The van der Waals surface area contributed by atoms with Crippen LogP contribution in [0.3, 0.4) is 0 Å². The van der Waals surface area contributed by atoms with Crippen molar-refractivity contribution in [1.29, 1.82) is 0 Å². The third-order valence-electron chi connectivity index (χ3n) is 5.04. The molecule has 4 rings (SSSR count). The molecule has 152 valence electrons. The van der Waals surface area contributed by atoms with Gasteiger partial charge in [0.2, 0.25) is 0 Å². The molecular formula is C25H23BrN2O2. The molecule has 0 saturated heterocycles. The Morgan fingerprint density at radius 1 is 0.833 bits per heavy atom. The zero-order chi connectivity index (χ0) is 21.1. The summed E-state index contributed by atoms with van der Waals surface area (Å²) in [6, 6.07) is 24.5. The molecule has 0 unspecified atom stereocenters. The van der Waals surface area contributed by atoms with Crippen molar-refractivity contribution in [3.05, 3.63) is 88.4 Å². The predicted molar refractivity (Wildman–Crippen MR) is 124 cm³/mol. The van der Waals surface area contributed by atoms with E-state index in [4.69, 9.17) is 14.6 Å². The fourth-order valence-electron chi connectivity index (χ4n) is 3.50. The highest BCUT2D eigenvalue weighted by Gasteiger charge is 2.19. The lowest BCUT2D eigenvalue weighted by atomic mass is 10.1. The first-order valence-electron chi connectivity index (χ1n) is 9.69. The van der Waals surface area contributed by atoms with Crippen LogP contribution >= 0.6 is 15.9 Å². The number of benzene rings is 3. The molecule has 0 aliphatic heterocycles. The molecule has 0 atom stereocenters. The summed E-state index contributed by atoms with van der Waals surface area (Å²) in [5.41, 5.74) is 6.48. The number of rotatable bonds is 6. The van der Waals surface area contributed by atoms with Crippen LogP contribution in [-0.4, -0.2) is 24.0 Å². The maximum atomic E-state index is 5.32. The summed E-state index contributed by atoms with van der Waals surface area (Å²) in [5.74, 6) is 1.65. The van der Waals surface area contributed by atoms with Crippen molar-refractivity contribution in [3.63, 3.8) is 0 Å². The van der Waals surface area contributed by atoms with Gasteiger partial charge in [-0.25, -0.2) is 0 Å². The van der Waals surface area contributed by atoms with E-state index in [-0.39, 0.29) is 0 Å². The number of aromatic nitrogens is 2. The van der Waals surface area contributed by atoms with Crippen LogP contribution in [0.25, 0.3) is 22.5 Å². The maximum absolute atomic E-state index is 5.32. The zero-order valence-electron chi connectivity index (χ0n) is 17.2. The highest BCUT2D eigenvalue weighted by atomic mass is 79.9. The molecule has 4 nitrogen and oxygen atoms in total. The third kappa shape index (κ3) is 4.12. The number of ether oxygens (including phenoxy) is 2. The van der Waals surface area contributed by atoms with E-state index in [0.29, 0.717) is 6.54 Å². The summed E-state index contributed by atoms with van der Waals surface area (Å²) in [5, 5.41) is 4.98. The lowest BCUT2D eigenvalue weighted by molar-refractivity contribution is 0.414. The van der Waals surface area contributed by atoms with Gasteiger partial charge in [-0.3, -0.25) is 4.68 Å². The molecule has 0 N–H and O–H groups in total. The van der Waals surface area contributed by atoms with Gasteiger partial charge in [-0.15, -0.1) is 0 Å². The van der Waals surface area contributed by atoms with Crippen molar-refractivity contribution in [3.8, 4) is 34.0 Å². The molecule has 0 saturated carbocycles. The maximum Gasteiger partial charge on any atom is 0.118 e. The number of nitrogens with zero attached hydrogens (tertiary/aromatic N) is 2. The number of halogens is 1. The second-order valence-electron chi connectivity index (χ2n) is 7.11. The lowest BCUT2D eigenvalue weighted by Gasteiger charge is -2.10. The molecule has 3 aromatic carbocycles. The Labute approximate surface area is 185 Å². The molecule has 4 aromatic rings. The van der Waals surface area contributed by atoms with Gasteiger partial charge in [0, 0.05) is 11.1 Å². The van der Waals surface area contributed by atoms with E-state index >= 15 is 0 Å². The second kappa shape index (κ2) is 8.76. The molecule has 0 spiro atoms. The summed E-state index contributed by atoms with van der Waals surface area (Å²) in [7, 11) is 3.35. The first kappa shape index (κ1) is 20.2. The Kier molecular flexibility index (Phi) is 5.91. The minimum absolute atomic E-state index is 0.678. The van der Waals surface area contributed by atoms with Crippen LogP contribution in [-0.2, 0) is 6.54 Å². The first-order valence-corrected chi connectivity index (χ1v) is 10.5. The smallest absolute Gasteiger partial charge is 0.118 e. The van der Waals surface area contributed by atoms with Crippen molar-refractivity contribution >= 4 is 15.9 Å². The molecule has 0 amide bonds. The van der Waals surface area contributed by atoms with Gasteiger partial charge in [-0.1, -0.05) is 29.8 Å². The van der Waals surface area contributed by atoms with Crippen molar-refractivity contribution < 1.29 is 9.47 Å². The molecule has 0 aliphatic rings. The summed E-state index contributed by atoms with van der Waals surface area (Å²) >= 11 is 3.83. The van der Waals surface area contributed by atoms with E-state index in [9.17, 15) is 0 Å². The Morgan fingerprint density at radius 3 is 2.00 bits per heavy atom. The van der Waals surface area contributed by atoms with Crippen LogP contribution in [0, 0.1) is 6.92 Å². The van der Waals surface area contributed by atoms with E-state index in [1.807, 2.05) is 36.4 Å². The normalized spacial score (nSPS) is 10.8. The molecule has 0 bridgehead atoms. The zero-order valence-corrected chi connectivity index (χ0v) is 18.8. The SMILES string of the molecule is COc1ccc(-c2nn(Cc3cccc(C)c3)c(-c3ccc(OC)cc3)c2Br)cc1. The van der Waals surface area contributed by atoms with Gasteiger partial charge in [0.05, 0.1) is 30.9 Å². The van der Waals surface area contributed by atoms with Crippen LogP contribution in [0.5, 0.6) is 11.5 Å². The van der Waals surface area contributed by atoms with Crippen molar-refractivity contribution in [1.82, 2.24) is 9.78 Å². The molecule has 5 heteroatoms. The van der Waals surface area contributed by atoms with Crippen molar-refractivity contribution in [2.75, 3.05) is 14.2 Å². The average Bonchev–Trinajstić information content (AvgIpc) is 3.09. The number of methoxy groups -OCH3 is 2. The topological polar surface area (TPSA) is 36.3 Å². The van der Waals surface area contributed by atoms with Crippen LogP contribution in [0.4, 0.5) is 0 Å². The van der Waals surface area contributed by atoms with Gasteiger partial charge < -0.3 is 9.47 Å². The van der Waals surface area contributed by atoms with E-state index in [0.717, 1.165) is 38.5 Å². The summed E-state index contributed by atoms with van der Waals surface area (Å²) in [4.78, 5) is 0. The Morgan fingerprint density at radius 2 is 1.43 bits per heavy atom. The molecular weight excluding hydrogens is 440 g/mol. The fourth-order valence-corrected chi connectivity index (χ4v) is 4.24. The van der Waals surface area contributed by atoms with Crippen LogP contribution in [0.2, 0.25) is 0 Å². The Bertz CT molecular complexity index is 1150. The van der Waals surface area contributed by atoms with Gasteiger partial charge in [0.1, 0.15) is 17.2 Å². The molecule has 1 heterocycles. The number of aryl methyl sites for hydroxylation is 1. The largest absolute Gasteiger partial charge is 0.497 e. The van der Waals surface area contributed by atoms with Crippen LogP contribution in [0.15, 0.2) is 77.3 Å². The lowest BCUT2D eigenvalue weighted by Crippen LogP contribution is -2.04. The third-order valence-corrected chi connectivity index (χ3v) is 5.79. The fraction of sp³-hybridized carbons (Fsp3) is 0.160. The molecule has 30 heavy (non-hydrogen) atoms. The van der Waals surface area contributed by atoms with E-state index in [2.05, 4.69) is 63.9 Å². The van der Waals surface area contributed by atoms with E-state index in [1.165, 1.54) is 11.1 Å². The molecule has 0 fully saturated rings. The highest BCUT2D eigenvalue weighted by Crippen LogP contribution is 2.38. The number of hydrogen-bond donors (Lipinski definition) is 0. The number of hydrogen-bond acceptors (Lipinski definition) is 3. The van der Waals surface area contributed by atoms with Gasteiger partial charge in [-0.05, 0) is 76.9 Å². The first-order chi connectivity index (χ1) is 14.6. The minimum atomic E-state index is 0.678. The summed E-state index contributed by atoms with van der Waals surface area (Å²) < 4.78 is 13.6. The predicted octanol–water partition coefficient (Wildman–Crippen LogP) is 6.35.